The molecule has 0 fully saturated rings. The predicted octanol–water partition coefficient (Wildman–Crippen LogP) is 3.40. The number of nitro groups is 1. The fraction of sp³-hybridized carbons (Fsp3) is 0.200. The van der Waals surface area contributed by atoms with E-state index in [0.717, 1.165) is 0 Å². The minimum Gasteiger partial charge on any atom is -0.484 e. The summed E-state index contributed by atoms with van der Waals surface area (Å²) in [5.74, 6) is 0.0722. The Kier molecular flexibility index (Phi) is 6.28. The quantitative estimate of drug-likeness (QED) is 0.461. The summed E-state index contributed by atoms with van der Waals surface area (Å²) in [7, 11) is 0. The molecule has 0 bridgehead atoms. The van der Waals surface area contributed by atoms with Crippen LogP contribution < -0.4 is 10.2 Å². The third-order valence-corrected chi connectivity index (χ3v) is 4.34. The Bertz CT molecular complexity index is 759. The van der Waals surface area contributed by atoms with Gasteiger partial charge in [0.2, 0.25) is 0 Å². The van der Waals surface area contributed by atoms with E-state index in [0.29, 0.717) is 26.9 Å². The summed E-state index contributed by atoms with van der Waals surface area (Å²) in [6.07, 6.45) is 1.94. The number of carbonyl (C=O) groups is 1. The van der Waals surface area contributed by atoms with Crippen LogP contribution in [0.15, 0.2) is 35.4 Å². The highest BCUT2D eigenvalue weighted by Crippen LogP contribution is 2.28. The van der Waals surface area contributed by atoms with Crippen LogP contribution in [0.1, 0.15) is 16.7 Å². The van der Waals surface area contributed by atoms with Crippen molar-refractivity contribution in [3.63, 3.8) is 0 Å². The van der Waals surface area contributed by atoms with Gasteiger partial charge in [0.1, 0.15) is 5.75 Å². The topological polar surface area (TPSA) is 93.8 Å². The van der Waals surface area contributed by atoms with Crippen molar-refractivity contribution in [1.29, 1.82) is 0 Å². The van der Waals surface area contributed by atoms with E-state index in [1.54, 1.807) is 24.3 Å². The number of ether oxygens (including phenoxy) is 1. The molecule has 2 aromatic rings. The molecule has 0 aliphatic rings. The SMILES string of the molecule is CCc1sc(/C=N\NC(=O)COc2ccc(Cl)cc2)cc1[N+](=O)[O-]. The Balaban J connectivity index is 1.86. The van der Waals surface area contributed by atoms with Crippen molar-refractivity contribution in [3.05, 3.63) is 55.2 Å². The van der Waals surface area contributed by atoms with E-state index < -0.39 is 10.8 Å². The molecule has 1 N–H and O–H groups in total. The standard InChI is InChI=1S/C15H14ClN3O4S/c1-2-14-13(19(21)22)7-12(24-14)8-17-18-15(20)9-23-11-5-3-10(16)4-6-11/h3-8H,2,9H2,1H3,(H,18,20)/b17-8-. The highest BCUT2D eigenvalue weighted by Gasteiger charge is 2.16. The van der Waals surface area contributed by atoms with Crippen LogP contribution in [0.5, 0.6) is 5.75 Å². The number of hydrazone groups is 1. The van der Waals surface area contributed by atoms with Crippen molar-refractivity contribution < 1.29 is 14.5 Å². The van der Waals surface area contributed by atoms with Crippen LogP contribution in [0.2, 0.25) is 5.02 Å². The van der Waals surface area contributed by atoms with Crippen molar-refractivity contribution in [3.8, 4) is 5.75 Å². The smallest absolute Gasteiger partial charge is 0.283 e. The van der Waals surface area contributed by atoms with Crippen LogP contribution in [0, 0.1) is 10.1 Å². The van der Waals surface area contributed by atoms with Gasteiger partial charge in [-0.05, 0) is 30.7 Å². The van der Waals surface area contributed by atoms with E-state index in [9.17, 15) is 14.9 Å². The van der Waals surface area contributed by atoms with E-state index in [2.05, 4.69) is 10.5 Å². The van der Waals surface area contributed by atoms with Gasteiger partial charge in [0.25, 0.3) is 11.6 Å². The molecule has 24 heavy (non-hydrogen) atoms. The average molecular weight is 368 g/mol. The van der Waals surface area contributed by atoms with Crippen LogP contribution >= 0.6 is 22.9 Å². The van der Waals surface area contributed by atoms with Gasteiger partial charge in [-0.15, -0.1) is 11.3 Å². The van der Waals surface area contributed by atoms with Gasteiger partial charge in [-0.25, -0.2) is 5.43 Å². The van der Waals surface area contributed by atoms with Gasteiger partial charge < -0.3 is 4.74 Å². The molecular weight excluding hydrogens is 354 g/mol. The molecule has 0 spiro atoms. The molecule has 0 saturated heterocycles. The van der Waals surface area contributed by atoms with Crippen molar-refractivity contribution in [2.75, 3.05) is 6.61 Å². The lowest BCUT2D eigenvalue weighted by Crippen LogP contribution is -2.24. The van der Waals surface area contributed by atoms with Crippen LogP contribution in [0.25, 0.3) is 0 Å². The second kappa shape index (κ2) is 8.42. The zero-order valence-corrected chi connectivity index (χ0v) is 14.3. The van der Waals surface area contributed by atoms with Crippen LogP contribution in [0.3, 0.4) is 0 Å². The molecule has 2 rings (SSSR count). The highest BCUT2D eigenvalue weighted by molar-refractivity contribution is 7.14. The van der Waals surface area contributed by atoms with Crippen molar-refractivity contribution >= 4 is 40.7 Å². The van der Waals surface area contributed by atoms with Gasteiger partial charge in [0.05, 0.1) is 20.9 Å². The number of aryl methyl sites for hydroxylation is 1. The van der Waals surface area contributed by atoms with Gasteiger partial charge in [0, 0.05) is 11.1 Å². The summed E-state index contributed by atoms with van der Waals surface area (Å²) in [5, 5.41) is 15.2. The first-order valence-electron chi connectivity index (χ1n) is 6.97. The number of hydrogen-bond acceptors (Lipinski definition) is 6. The fourth-order valence-electron chi connectivity index (χ4n) is 1.79. The second-order valence-corrected chi connectivity index (χ2v) is 6.21. The maximum absolute atomic E-state index is 11.6. The minimum atomic E-state index is -0.442. The molecule has 0 radical (unpaired) electrons. The zero-order valence-electron chi connectivity index (χ0n) is 12.7. The Morgan fingerprint density at radius 3 is 2.75 bits per heavy atom. The van der Waals surface area contributed by atoms with E-state index in [4.69, 9.17) is 16.3 Å². The zero-order chi connectivity index (χ0) is 17.5. The number of nitrogens with one attached hydrogen (secondary N) is 1. The number of benzene rings is 1. The maximum atomic E-state index is 11.6. The molecule has 9 heteroatoms. The summed E-state index contributed by atoms with van der Waals surface area (Å²) < 4.78 is 5.27. The van der Waals surface area contributed by atoms with Crippen molar-refractivity contribution in [1.82, 2.24) is 5.43 Å². The molecule has 0 aliphatic carbocycles. The molecule has 1 amide bonds. The molecule has 7 nitrogen and oxygen atoms in total. The molecular formula is C15H14ClN3O4S. The molecule has 0 atom stereocenters. The summed E-state index contributed by atoms with van der Waals surface area (Å²) in [5.41, 5.74) is 2.38. The van der Waals surface area contributed by atoms with Gasteiger partial charge in [0.15, 0.2) is 6.61 Å². The second-order valence-electron chi connectivity index (χ2n) is 4.60. The largest absolute Gasteiger partial charge is 0.484 e. The lowest BCUT2D eigenvalue weighted by molar-refractivity contribution is -0.385. The summed E-state index contributed by atoms with van der Waals surface area (Å²) in [6, 6.07) is 8.04. The molecule has 0 unspecified atom stereocenters. The first-order valence-corrected chi connectivity index (χ1v) is 8.16. The summed E-state index contributed by atoms with van der Waals surface area (Å²) in [4.78, 5) is 23.4. The number of thiophene rings is 1. The maximum Gasteiger partial charge on any atom is 0.283 e. The first-order chi connectivity index (χ1) is 11.5. The molecule has 1 aromatic carbocycles. The van der Waals surface area contributed by atoms with E-state index in [1.165, 1.54) is 23.6 Å². The van der Waals surface area contributed by atoms with Crippen molar-refractivity contribution in [2.24, 2.45) is 5.10 Å². The number of hydrogen-bond donors (Lipinski definition) is 1. The first kappa shape index (κ1) is 17.9. The Labute approximate surface area is 147 Å². The minimum absolute atomic E-state index is 0.0707. The molecule has 0 aliphatic heterocycles. The molecule has 126 valence electrons. The molecule has 0 saturated carbocycles. The molecule has 1 heterocycles. The van der Waals surface area contributed by atoms with Crippen LogP contribution in [-0.2, 0) is 11.2 Å². The van der Waals surface area contributed by atoms with Gasteiger partial charge in [-0.1, -0.05) is 18.5 Å². The summed E-state index contributed by atoms with van der Waals surface area (Å²) in [6.45, 7) is 1.64. The van der Waals surface area contributed by atoms with Gasteiger partial charge in [-0.2, -0.15) is 5.10 Å². The monoisotopic (exact) mass is 367 g/mol. The van der Waals surface area contributed by atoms with E-state index in [1.807, 2.05) is 6.92 Å². The Hall–Kier alpha value is -2.45. The average Bonchev–Trinajstić information content (AvgIpc) is 2.98. The van der Waals surface area contributed by atoms with E-state index in [-0.39, 0.29) is 12.3 Å². The lowest BCUT2D eigenvalue weighted by Gasteiger charge is -2.04. The number of amides is 1. The van der Waals surface area contributed by atoms with Gasteiger partial charge >= 0.3 is 0 Å². The van der Waals surface area contributed by atoms with Crippen LogP contribution in [-0.4, -0.2) is 23.7 Å². The normalized spacial score (nSPS) is 10.8. The number of nitrogens with zero attached hydrogens (tertiary/aromatic N) is 2. The number of carbonyl (C=O) groups excluding carboxylic acids is 1. The highest BCUT2D eigenvalue weighted by atomic mass is 35.5. The number of rotatable bonds is 7. The summed E-state index contributed by atoms with van der Waals surface area (Å²) >= 11 is 7.01. The predicted molar refractivity (Wildman–Crippen MR) is 93.0 cm³/mol. The third-order valence-electron chi connectivity index (χ3n) is 2.89. The third kappa shape index (κ3) is 5.04. The van der Waals surface area contributed by atoms with E-state index >= 15 is 0 Å². The lowest BCUT2D eigenvalue weighted by atomic mass is 10.3. The molecule has 1 aromatic heterocycles. The Morgan fingerprint density at radius 1 is 1.46 bits per heavy atom. The number of halogens is 1. The van der Waals surface area contributed by atoms with Crippen molar-refractivity contribution in [2.45, 2.75) is 13.3 Å². The Morgan fingerprint density at radius 2 is 2.17 bits per heavy atom. The van der Waals surface area contributed by atoms with Crippen LogP contribution in [0.4, 0.5) is 5.69 Å². The fourth-order valence-corrected chi connectivity index (χ4v) is 2.86. The van der Waals surface area contributed by atoms with Gasteiger partial charge in [-0.3, -0.25) is 14.9 Å².